The van der Waals surface area contributed by atoms with E-state index in [1.165, 1.54) is 0 Å². The van der Waals surface area contributed by atoms with Crippen LogP contribution in [0.5, 0.6) is 0 Å². The molecule has 0 aliphatic rings. The summed E-state index contributed by atoms with van der Waals surface area (Å²) in [5, 5.41) is 0. The van der Waals surface area contributed by atoms with Gasteiger partial charge >= 0.3 is 6.04 Å². The van der Waals surface area contributed by atoms with Gasteiger partial charge in [-0.05, 0) is 0 Å². The second-order valence-electron chi connectivity index (χ2n) is 0.497. The lowest BCUT2D eigenvalue weighted by molar-refractivity contribution is 0.578. The van der Waals surface area contributed by atoms with Crippen molar-refractivity contribution in [2.45, 2.75) is 6.92 Å². The van der Waals surface area contributed by atoms with Crippen LogP contribution < -0.4 is 0 Å². The van der Waals surface area contributed by atoms with Crippen LogP contribution in [-0.4, -0.2) is 10.8 Å². The molecule has 24 valence electrons. The van der Waals surface area contributed by atoms with Gasteiger partial charge in [0.2, 0.25) is 0 Å². The Morgan fingerprint density at radius 3 is 2.00 bits per heavy atom. The van der Waals surface area contributed by atoms with Gasteiger partial charge in [-0.3, -0.25) is 4.79 Å². The summed E-state index contributed by atoms with van der Waals surface area (Å²) in [6, 6.07) is -1.08. The van der Waals surface area contributed by atoms with Crippen molar-refractivity contribution in [3.05, 3.63) is 0 Å². The van der Waals surface area contributed by atoms with E-state index >= 15 is 0 Å². The van der Waals surface area contributed by atoms with Gasteiger partial charge in [-0.2, -0.15) is 0 Å². The minimum absolute atomic E-state index is 0.972. The van der Waals surface area contributed by atoms with Crippen molar-refractivity contribution in [1.29, 1.82) is 0 Å². The molecule has 0 bridgehead atoms. The second-order valence-corrected chi connectivity index (χ2v) is 0.497. The first kappa shape index (κ1) is 3.60. The highest BCUT2D eigenvalue weighted by Crippen LogP contribution is 1.57. The van der Waals surface area contributed by atoms with E-state index in [9.17, 15) is 4.39 Å². The van der Waals surface area contributed by atoms with Crippen LogP contribution >= 0.6 is 0 Å². The first-order valence-corrected chi connectivity index (χ1v) is 0.913. The Morgan fingerprint density at radius 2 is 2.00 bits per heavy atom. The molecule has 1 nitrogen and oxygen atoms in total. The molecule has 0 aromatic rings. The molecule has 0 fully saturated rings. The van der Waals surface area contributed by atoms with Crippen molar-refractivity contribution < 1.29 is 9.18 Å². The molecule has 0 unspecified atom stereocenters. The predicted molar refractivity (Wildman–Crippen MR) is 13.7 cm³/mol. The van der Waals surface area contributed by atoms with Gasteiger partial charge in [-0.25, -0.2) is 0 Å². The number of carbonyl (C=O) groups excluding carboxylic acids is 1. The Labute approximate surface area is 23.4 Å². The smallest absolute Gasteiger partial charge is 0.250 e. The van der Waals surface area contributed by atoms with Crippen LogP contribution in [0.25, 0.3) is 0 Å². The molecule has 2 heteroatoms. The van der Waals surface area contributed by atoms with Gasteiger partial charge in [-0.1, -0.05) is 0 Å². The second kappa shape index (κ2) is 0.985. The zero-order chi connectivity index (χ0) is 3.58. The third kappa shape index (κ3) is 3.60. The molecule has 0 heterocycles. The van der Waals surface area contributed by atoms with Crippen molar-refractivity contribution >= 4 is 6.04 Å². The fourth-order valence-electron chi connectivity index (χ4n) is 0. The molecule has 0 aromatic heterocycles. The molecule has 0 spiro atoms. The number of hydrogen-bond acceptors (Lipinski definition) is 0. The third-order valence-corrected chi connectivity index (χ3v) is 0. The molecular weight excluding hydrogens is 59.0 g/mol. The maximum absolute atomic E-state index is 10.5. The zero-order valence-corrected chi connectivity index (χ0v) is 2.33. The highest BCUT2D eigenvalue weighted by Gasteiger charge is 1.81. The Balaban J connectivity index is 2.80. The molecule has 0 aliphatic carbocycles. The third-order valence-electron chi connectivity index (χ3n) is 0. The van der Waals surface area contributed by atoms with Gasteiger partial charge in [-0.15, -0.1) is 4.39 Å². The maximum Gasteiger partial charge on any atom is 0.471 e. The molecule has 0 aliphatic heterocycles. The zero-order valence-electron chi connectivity index (χ0n) is 2.33. The van der Waals surface area contributed by atoms with Crippen LogP contribution in [0.2, 0.25) is 0 Å². The lowest BCUT2D eigenvalue weighted by atomic mass is 10.9. The summed E-state index contributed by atoms with van der Waals surface area (Å²) in [7, 11) is 0. The van der Waals surface area contributed by atoms with Crippen LogP contribution in [0.15, 0.2) is 0 Å². The number of rotatable bonds is 0. The number of halogens is 1. The van der Waals surface area contributed by atoms with Crippen LogP contribution in [0.3, 0.4) is 0 Å². The summed E-state index contributed by atoms with van der Waals surface area (Å²) in [6.45, 7) is 0.972. The first-order valence-electron chi connectivity index (χ1n) is 0.913. The predicted octanol–water partition coefficient (Wildman–Crippen LogP) is 0.478. The molecule has 0 radical (unpaired) electrons. The van der Waals surface area contributed by atoms with Crippen molar-refractivity contribution in [2.24, 2.45) is 0 Å². The van der Waals surface area contributed by atoms with Gasteiger partial charge in [0.1, 0.15) is 0 Å². The topological polar surface area (TPSA) is 21.4 Å². The maximum atomic E-state index is 10.5. The van der Waals surface area contributed by atoms with Crippen LogP contribution in [0.1, 0.15) is 6.92 Å². The normalized spacial score (nSPS) is 6.50. The lowest BCUT2D eigenvalue weighted by Crippen LogP contribution is -1.67. The van der Waals surface area contributed by atoms with E-state index in [2.05, 4.69) is 0 Å². The molecule has 0 amide bonds. The van der Waals surface area contributed by atoms with Gasteiger partial charge < -0.3 is 0 Å². The standard InChI is InChI=1S/C2H3FO/c1-2(3)4/h1H3/p+1. The van der Waals surface area contributed by atoms with Crippen LogP contribution in [-0.2, 0) is 0 Å². The number of hydrogen-bond donors (Lipinski definition) is 0. The monoisotopic (exact) mass is 63.0 g/mol. The van der Waals surface area contributed by atoms with Gasteiger partial charge in [0.15, 0.2) is 0 Å². The fourth-order valence-corrected chi connectivity index (χ4v) is 0. The quantitative estimate of drug-likeness (QED) is 0.288. The van der Waals surface area contributed by atoms with E-state index in [-0.39, 0.29) is 0 Å². The van der Waals surface area contributed by atoms with Crippen LogP contribution in [0, 0.1) is 0 Å². The lowest BCUT2D eigenvalue weighted by Gasteiger charge is -1.40. The molecule has 0 rings (SSSR count). The van der Waals surface area contributed by atoms with E-state index in [0.717, 1.165) is 6.92 Å². The van der Waals surface area contributed by atoms with E-state index in [4.69, 9.17) is 4.79 Å². The summed E-state index contributed by atoms with van der Waals surface area (Å²) < 4.78 is 10.5. The summed E-state index contributed by atoms with van der Waals surface area (Å²) in [4.78, 5) is 7.31. The summed E-state index contributed by atoms with van der Waals surface area (Å²) in [5.41, 5.74) is 0. The minimum atomic E-state index is -1.08. The van der Waals surface area contributed by atoms with Gasteiger partial charge in [0.05, 0.1) is 6.92 Å². The molecule has 0 aromatic carbocycles. The molecule has 1 N–H and O–H groups in total. The summed E-state index contributed by atoms with van der Waals surface area (Å²) >= 11 is 0. The van der Waals surface area contributed by atoms with Crippen molar-refractivity contribution in [2.75, 3.05) is 0 Å². The molecule has 0 atom stereocenters. The average molecular weight is 63.1 g/mol. The summed E-state index contributed by atoms with van der Waals surface area (Å²) in [5.74, 6) is 0. The molecule has 0 saturated heterocycles. The highest BCUT2D eigenvalue weighted by molar-refractivity contribution is 5.65. The van der Waals surface area contributed by atoms with E-state index < -0.39 is 6.04 Å². The Kier molecular flexibility index (Phi) is 0.886. The fraction of sp³-hybridized carbons (Fsp3) is 0.500. The van der Waals surface area contributed by atoms with Crippen molar-refractivity contribution in [1.82, 2.24) is 0 Å². The molecule has 4 heavy (non-hydrogen) atoms. The largest absolute Gasteiger partial charge is 0.471 e. The van der Waals surface area contributed by atoms with Crippen molar-refractivity contribution in [3.63, 3.8) is 0 Å². The summed E-state index contributed by atoms with van der Waals surface area (Å²) in [6.07, 6.45) is 0. The SMILES string of the molecule is CC(=[OH+])F. The highest BCUT2D eigenvalue weighted by atomic mass is 19.1. The van der Waals surface area contributed by atoms with Gasteiger partial charge in [0.25, 0.3) is 0 Å². The van der Waals surface area contributed by atoms with Gasteiger partial charge in [0, 0.05) is 0 Å². The van der Waals surface area contributed by atoms with Crippen molar-refractivity contribution in [3.8, 4) is 0 Å². The van der Waals surface area contributed by atoms with E-state index in [0.29, 0.717) is 0 Å². The first-order chi connectivity index (χ1) is 1.73. The Morgan fingerprint density at radius 1 is 2.00 bits per heavy atom. The molecular formula is C2H4FO+. The minimum Gasteiger partial charge on any atom is -0.250 e. The molecule has 0 saturated carbocycles. The van der Waals surface area contributed by atoms with Crippen LogP contribution in [0.4, 0.5) is 4.39 Å². The Hall–Kier alpha value is -0.400. The van der Waals surface area contributed by atoms with E-state index in [1.54, 1.807) is 0 Å². The Bertz CT molecular complexity index is 29.0. The van der Waals surface area contributed by atoms with E-state index in [1.807, 2.05) is 0 Å². The average Bonchev–Trinajstić information content (AvgIpc) is 0.811.